The largest absolute Gasteiger partial charge is 0.351 e. The lowest BCUT2D eigenvalue weighted by Crippen LogP contribution is -2.27. The molecule has 4 heteroatoms. The van der Waals surface area contributed by atoms with Gasteiger partial charge in [-0.05, 0) is 46.8 Å². The van der Waals surface area contributed by atoms with Gasteiger partial charge in [0.2, 0.25) is 0 Å². The Labute approximate surface area is 102 Å². The molecule has 1 aliphatic carbocycles. The average Bonchev–Trinajstić information content (AvgIpc) is 2.84. The first-order valence-electron chi connectivity index (χ1n) is 5.29. The van der Waals surface area contributed by atoms with E-state index in [1.165, 1.54) is 37.0 Å². The molecule has 1 aliphatic rings. The second-order valence-corrected chi connectivity index (χ2v) is 6.43. The molecule has 1 fully saturated rings. The topological polar surface area (TPSA) is 29.1 Å². The van der Waals surface area contributed by atoms with Gasteiger partial charge >= 0.3 is 0 Å². The van der Waals surface area contributed by atoms with Gasteiger partial charge in [0, 0.05) is 6.54 Å². The van der Waals surface area contributed by atoms with Gasteiger partial charge in [-0.25, -0.2) is 0 Å². The number of carbonyl (C=O) groups is 1. The van der Waals surface area contributed by atoms with Gasteiger partial charge in [0.25, 0.3) is 5.91 Å². The summed E-state index contributed by atoms with van der Waals surface area (Å²) in [5.41, 5.74) is 0. The van der Waals surface area contributed by atoms with Crippen molar-refractivity contribution in [3.8, 4) is 0 Å². The number of carbonyl (C=O) groups excluding carboxylic acids is 1. The van der Waals surface area contributed by atoms with Gasteiger partial charge in [-0.2, -0.15) is 0 Å². The van der Waals surface area contributed by atoms with Crippen LogP contribution in [0.1, 0.15) is 35.4 Å². The standard InChI is InChI=1S/C11H14BrNOS/c12-10-6-5-9(15-10)11(14)13-7-8-3-1-2-4-8/h5-6,8H,1-4,7H2,(H,13,14). The monoisotopic (exact) mass is 287 g/mol. The number of thiophene rings is 1. The van der Waals surface area contributed by atoms with Crippen molar-refractivity contribution >= 4 is 33.2 Å². The smallest absolute Gasteiger partial charge is 0.261 e. The minimum atomic E-state index is 0.0672. The molecular formula is C11H14BrNOS. The van der Waals surface area contributed by atoms with Crippen LogP contribution in [0.15, 0.2) is 15.9 Å². The summed E-state index contributed by atoms with van der Waals surface area (Å²) in [6, 6.07) is 3.77. The number of rotatable bonds is 3. The summed E-state index contributed by atoms with van der Waals surface area (Å²) >= 11 is 4.84. The summed E-state index contributed by atoms with van der Waals surface area (Å²) in [5.74, 6) is 0.773. The molecule has 15 heavy (non-hydrogen) atoms. The molecule has 2 rings (SSSR count). The van der Waals surface area contributed by atoms with Crippen LogP contribution in [0.25, 0.3) is 0 Å². The molecule has 82 valence electrons. The number of hydrogen-bond acceptors (Lipinski definition) is 2. The predicted octanol–water partition coefficient (Wildman–Crippen LogP) is 3.43. The van der Waals surface area contributed by atoms with E-state index in [-0.39, 0.29) is 5.91 Å². The normalized spacial score (nSPS) is 16.9. The fraction of sp³-hybridized carbons (Fsp3) is 0.545. The lowest BCUT2D eigenvalue weighted by atomic mass is 10.1. The van der Waals surface area contributed by atoms with Crippen LogP contribution >= 0.6 is 27.3 Å². The van der Waals surface area contributed by atoms with Crippen molar-refractivity contribution in [3.63, 3.8) is 0 Å². The molecule has 1 aromatic heterocycles. The molecule has 1 N–H and O–H groups in total. The van der Waals surface area contributed by atoms with E-state index in [4.69, 9.17) is 0 Å². The molecule has 2 nitrogen and oxygen atoms in total. The molecular weight excluding hydrogens is 274 g/mol. The van der Waals surface area contributed by atoms with Gasteiger partial charge in [0.05, 0.1) is 8.66 Å². The number of halogens is 1. The fourth-order valence-electron chi connectivity index (χ4n) is 1.97. The van der Waals surface area contributed by atoms with Crippen molar-refractivity contribution in [2.24, 2.45) is 5.92 Å². The highest BCUT2D eigenvalue weighted by molar-refractivity contribution is 9.11. The molecule has 1 amide bonds. The van der Waals surface area contributed by atoms with Gasteiger partial charge in [-0.3, -0.25) is 4.79 Å². The Morgan fingerprint density at radius 3 is 2.80 bits per heavy atom. The van der Waals surface area contributed by atoms with E-state index >= 15 is 0 Å². The third-order valence-corrected chi connectivity index (χ3v) is 4.45. The fourth-order valence-corrected chi connectivity index (χ4v) is 3.28. The van der Waals surface area contributed by atoms with E-state index in [0.29, 0.717) is 5.92 Å². The maximum Gasteiger partial charge on any atom is 0.261 e. The van der Waals surface area contributed by atoms with Crippen molar-refractivity contribution in [2.75, 3.05) is 6.54 Å². The van der Waals surface area contributed by atoms with Crippen molar-refractivity contribution < 1.29 is 4.79 Å². The molecule has 0 bridgehead atoms. The van der Waals surface area contributed by atoms with Gasteiger partial charge in [0.1, 0.15) is 0 Å². The van der Waals surface area contributed by atoms with Crippen LogP contribution in [-0.4, -0.2) is 12.5 Å². The molecule has 1 saturated carbocycles. The van der Waals surface area contributed by atoms with E-state index in [0.717, 1.165) is 15.2 Å². The Morgan fingerprint density at radius 2 is 2.20 bits per heavy atom. The Kier molecular flexibility index (Phi) is 3.81. The summed E-state index contributed by atoms with van der Waals surface area (Å²) in [4.78, 5) is 12.5. The third-order valence-electron chi connectivity index (χ3n) is 2.82. The number of hydrogen-bond donors (Lipinski definition) is 1. The van der Waals surface area contributed by atoms with Crippen LogP contribution in [0.4, 0.5) is 0 Å². The molecule has 0 unspecified atom stereocenters. The van der Waals surface area contributed by atoms with E-state index in [9.17, 15) is 4.79 Å². The lowest BCUT2D eigenvalue weighted by Gasteiger charge is -2.09. The lowest BCUT2D eigenvalue weighted by molar-refractivity contribution is 0.0951. The zero-order valence-corrected chi connectivity index (χ0v) is 10.9. The van der Waals surface area contributed by atoms with Gasteiger partial charge in [-0.1, -0.05) is 12.8 Å². The quantitative estimate of drug-likeness (QED) is 0.907. The Bertz CT molecular complexity index is 344. The summed E-state index contributed by atoms with van der Waals surface area (Å²) in [7, 11) is 0. The molecule has 0 spiro atoms. The Balaban J connectivity index is 1.81. The summed E-state index contributed by atoms with van der Waals surface area (Å²) in [6.07, 6.45) is 5.19. The van der Waals surface area contributed by atoms with Crippen molar-refractivity contribution in [3.05, 3.63) is 20.8 Å². The number of amides is 1. The highest BCUT2D eigenvalue weighted by Crippen LogP contribution is 2.24. The average molecular weight is 288 g/mol. The maximum absolute atomic E-state index is 11.7. The van der Waals surface area contributed by atoms with E-state index in [1.54, 1.807) is 0 Å². The van der Waals surface area contributed by atoms with Crippen LogP contribution in [0.5, 0.6) is 0 Å². The van der Waals surface area contributed by atoms with E-state index in [1.807, 2.05) is 12.1 Å². The van der Waals surface area contributed by atoms with Crippen LogP contribution < -0.4 is 5.32 Å². The first-order chi connectivity index (χ1) is 7.25. The van der Waals surface area contributed by atoms with Crippen LogP contribution in [0.2, 0.25) is 0 Å². The second-order valence-electron chi connectivity index (χ2n) is 3.96. The van der Waals surface area contributed by atoms with Crippen molar-refractivity contribution in [1.29, 1.82) is 0 Å². The third kappa shape index (κ3) is 3.05. The molecule has 1 heterocycles. The highest BCUT2D eigenvalue weighted by Gasteiger charge is 2.16. The van der Waals surface area contributed by atoms with Gasteiger partial charge < -0.3 is 5.32 Å². The Morgan fingerprint density at radius 1 is 1.47 bits per heavy atom. The minimum Gasteiger partial charge on any atom is -0.351 e. The Hall–Kier alpha value is -0.350. The molecule has 0 aromatic carbocycles. The summed E-state index contributed by atoms with van der Waals surface area (Å²) < 4.78 is 1.01. The van der Waals surface area contributed by atoms with E-state index < -0.39 is 0 Å². The van der Waals surface area contributed by atoms with E-state index in [2.05, 4.69) is 21.2 Å². The maximum atomic E-state index is 11.7. The number of nitrogens with one attached hydrogen (secondary N) is 1. The SMILES string of the molecule is O=C(NCC1CCCC1)c1ccc(Br)s1. The van der Waals surface area contributed by atoms with Crippen molar-refractivity contribution in [2.45, 2.75) is 25.7 Å². The van der Waals surface area contributed by atoms with Gasteiger partial charge in [-0.15, -0.1) is 11.3 Å². The molecule has 0 aliphatic heterocycles. The summed E-state index contributed by atoms with van der Waals surface area (Å²) in [5, 5.41) is 3.00. The van der Waals surface area contributed by atoms with Gasteiger partial charge in [0.15, 0.2) is 0 Å². The molecule has 0 radical (unpaired) electrons. The zero-order valence-electron chi connectivity index (χ0n) is 8.46. The highest BCUT2D eigenvalue weighted by atomic mass is 79.9. The first-order valence-corrected chi connectivity index (χ1v) is 6.90. The molecule has 1 aromatic rings. The zero-order chi connectivity index (χ0) is 10.7. The molecule has 0 saturated heterocycles. The first kappa shape index (κ1) is 11.1. The predicted molar refractivity (Wildman–Crippen MR) is 66.3 cm³/mol. The van der Waals surface area contributed by atoms with Crippen molar-refractivity contribution in [1.82, 2.24) is 5.32 Å². The second kappa shape index (κ2) is 5.12. The van der Waals surface area contributed by atoms with Crippen LogP contribution in [0, 0.1) is 5.92 Å². The molecule has 0 atom stereocenters. The minimum absolute atomic E-state index is 0.0672. The van der Waals surface area contributed by atoms with Crippen LogP contribution in [-0.2, 0) is 0 Å². The van der Waals surface area contributed by atoms with Crippen LogP contribution in [0.3, 0.4) is 0 Å². The summed E-state index contributed by atoms with van der Waals surface area (Å²) in [6.45, 7) is 0.842.